The van der Waals surface area contributed by atoms with Crippen molar-refractivity contribution in [2.75, 3.05) is 0 Å². The third kappa shape index (κ3) is 9.65. The molecule has 0 aromatic carbocycles. The minimum absolute atomic E-state index is 1.04. The standard InChI is InChI=1S/C18H35N3/c1-3-5-7-9-11-13-15-18-17-21(20-19-18)16-14-12-10-8-6-4-2/h17H,3-16H2,1-2H3. The topological polar surface area (TPSA) is 30.7 Å². The van der Waals surface area contributed by atoms with E-state index in [0.29, 0.717) is 0 Å². The summed E-state index contributed by atoms with van der Waals surface area (Å²) in [5.74, 6) is 0. The van der Waals surface area contributed by atoms with E-state index in [0.717, 1.165) is 13.0 Å². The maximum atomic E-state index is 4.29. The molecule has 0 aliphatic rings. The lowest BCUT2D eigenvalue weighted by Gasteiger charge is -2.01. The number of nitrogens with zero attached hydrogens (tertiary/aromatic N) is 3. The van der Waals surface area contributed by atoms with Gasteiger partial charge in [-0.2, -0.15) is 0 Å². The Kier molecular flexibility index (Phi) is 11.1. The Morgan fingerprint density at radius 3 is 2.00 bits per heavy atom. The van der Waals surface area contributed by atoms with Gasteiger partial charge in [-0.3, -0.25) is 4.68 Å². The van der Waals surface area contributed by atoms with Crippen molar-refractivity contribution in [1.29, 1.82) is 0 Å². The van der Waals surface area contributed by atoms with Crippen LogP contribution in [0.4, 0.5) is 0 Å². The van der Waals surface area contributed by atoms with Crippen LogP contribution in [0.2, 0.25) is 0 Å². The number of aryl methyl sites for hydroxylation is 2. The van der Waals surface area contributed by atoms with Crippen LogP contribution in [0.15, 0.2) is 6.20 Å². The molecule has 1 rings (SSSR count). The molecule has 122 valence electrons. The van der Waals surface area contributed by atoms with Crippen LogP contribution in [-0.2, 0) is 13.0 Å². The number of aromatic nitrogens is 3. The summed E-state index contributed by atoms with van der Waals surface area (Å²) in [7, 11) is 0. The van der Waals surface area contributed by atoms with Gasteiger partial charge < -0.3 is 0 Å². The van der Waals surface area contributed by atoms with Gasteiger partial charge in [0.1, 0.15) is 0 Å². The molecule has 0 atom stereocenters. The molecule has 0 amide bonds. The molecule has 0 N–H and O–H groups in total. The zero-order chi connectivity index (χ0) is 15.2. The predicted octanol–water partition coefficient (Wildman–Crippen LogP) is 5.54. The monoisotopic (exact) mass is 293 g/mol. The summed E-state index contributed by atoms with van der Waals surface area (Å²) in [5, 5.41) is 8.54. The van der Waals surface area contributed by atoms with Crippen LogP contribution in [-0.4, -0.2) is 15.0 Å². The summed E-state index contributed by atoms with van der Waals surface area (Å²) in [6.07, 6.45) is 19.4. The first-order valence-electron chi connectivity index (χ1n) is 9.25. The second-order valence-corrected chi connectivity index (χ2v) is 6.26. The fourth-order valence-corrected chi connectivity index (χ4v) is 2.70. The third-order valence-corrected chi connectivity index (χ3v) is 4.11. The predicted molar refractivity (Wildman–Crippen MR) is 90.5 cm³/mol. The Balaban J connectivity index is 2.01. The first-order valence-corrected chi connectivity index (χ1v) is 9.25. The summed E-state index contributed by atoms with van der Waals surface area (Å²) in [6.45, 7) is 5.57. The van der Waals surface area contributed by atoms with Gasteiger partial charge in [0.15, 0.2) is 0 Å². The van der Waals surface area contributed by atoms with Gasteiger partial charge in [0.2, 0.25) is 0 Å². The van der Waals surface area contributed by atoms with Gasteiger partial charge in [0.25, 0.3) is 0 Å². The molecule has 1 aromatic heterocycles. The SMILES string of the molecule is CCCCCCCCc1cn(CCCCCCCC)nn1. The van der Waals surface area contributed by atoms with Crippen molar-refractivity contribution in [3.63, 3.8) is 0 Å². The van der Waals surface area contributed by atoms with Crippen LogP contribution >= 0.6 is 0 Å². The maximum Gasteiger partial charge on any atom is 0.0827 e. The fourth-order valence-electron chi connectivity index (χ4n) is 2.70. The minimum Gasteiger partial charge on any atom is -0.252 e. The van der Waals surface area contributed by atoms with Crippen molar-refractivity contribution >= 4 is 0 Å². The van der Waals surface area contributed by atoms with Crippen LogP contribution in [0.3, 0.4) is 0 Å². The Morgan fingerprint density at radius 1 is 0.762 bits per heavy atom. The van der Waals surface area contributed by atoms with Gasteiger partial charge in [0, 0.05) is 12.7 Å². The van der Waals surface area contributed by atoms with E-state index in [9.17, 15) is 0 Å². The first kappa shape index (κ1) is 18.2. The Hall–Kier alpha value is -0.860. The number of hydrogen-bond acceptors (Lipinski definition) is 2. The van der Waals surface area contributed by atoms with E-state index in [-0.39, 0.29) is 0 Å². The number of hydrogen-bond donors (Lipinski definition) is 0. The van der Waals surface area contributed by atoms with E-state index < -0.39 is 0 Å². The van der Waals surface area contributed by atoms with Crippen molar-refractivity contribution in [3.8, 4) is 0 Å². The second-order valence-electron chi connectivity index (χ2n) is 6.26. The molecule has 1 heterocycles. The summed E-state index contributed by atoms with van der Waals surface area (Å²) in [5.41, 5.74) is 1.18. The van der Waals surface area contributed by atoms with E-state index >= 15 is 0 Å². The van der Waals surface area contributed by atoms with Crippen molar-refractivity contribution in [3.05, 3.63) is 11.9 Å². The summed E-state index contributed by atoms with van der Waals surface area (Å²) in [4.78, 5) is 0. The van der Waals surface area contributed by atoms with Crippen molar-refractivity contribution in [2.24, 2.45) is 0 Å². The van der Waals surface area contributed by atoms with Crippen molar-refractivity contribution in [2.45, 2.75) is 104 Å². The molecular formula is C18H35N3. The largest absolute Gasteiger partial charge is 0.252 e. The summed E-state index contributed by atoms with van der Waals surface area (Å²) in [6, 6.07) is 0. The highest BCUT2D eigenvalue weighted by molar-refractivity contribution is 4.92. The lowest BCUT2D eigenvalue weighted by molar-refractivity contribution is 0.516. The highest BCUT2D eigenvalue weighted by Crippen LogP contribution is 2.09. The number of rotatable bonds is 14. The molecule has 3 heteroatoms. The molecule has 3 nitrogen and oxygen atoms in total. The zero-order valence-corrected chi connectivity index (χ0v) is 14.3. The van der Waals surface area contributed by atoms with E-state index in [1.807, 2.05) is 4.68 Å². The van der Waals surface area contributed by atoms with E-state index in [1.165, 1.54) is 82.7 Å². The molecule has 0 spiro atoms. The van der Waals surface area contributed by atoms with Gasteiger partial charge in [0.05, 0.1) is 5.69 Å². The van der Waals surface area contributed by atoms with Crippen LogP contribution in [0.5, 0.6) is 0 Å². The molecule has 0 radical (unpaired) electrons. The van der Waals surface area contributed by atoms with Gasteiger partial charge in [-0.25, -0.2) is 0 Å². The highest BCUT2D eigenvalue weighted by atomic mass is 15.4. The Labute approximate surface area is 131 Å². The smallest absolute Gasteiger partial charge is 0.0827 e. The quantitative estimate of drug-likeness (QED) is 0.421. The van der Waals surface area contributed by atoms with E-state index in [4.69, 9.17) is 0 Å². The molecule has 0 bridgehead atoms. The molecule has 0 aliphatic heterocycles. The molecule has 21 heavy (non-hydrogen) atoms. The molecule has 0 unspecified atom stereocenters. The first-order chi connectivity index (χ1) is 10.4. The van der Waals surface area contributed by atoms with E-state index in [1.54, 1.807) is 0 Å². The van der Waals surface area contributed by atoms with Crippen molar-refractivity contribution < 1.29 is 0 Å². The molecule has 0 aliphatic carbocycles. The summed E-state index contributed by atoms with van der Waals surface area (Å²) < 4.78 is 2.03. The maximum absolute atomic E-state index is 4.29. The van der Waals surface area contributed by atoms with Crippen molar-refractivity contribution in [1.82, 2.24) is 15.0 Å². The zero-order valence-electron chi connectivity index (χ0n) is 14.3. The minimum atomic E-state index is 1.04. The normalized spacial score (nSPS) is 11.1. The highest BCUT2D eigenvalue weighted by Gasteiger charge is 2.01. The van der Waals surface area contributed by atoms with Gasteiger partial charge in [-0.15, -0.1) is 5.10 Å². The van der Waals surface area contributed by atoms with E-state index in [2.05, 4.69) is 30.4 Å². The Morgan fingerprint density at radius 2 is 1.33 bits per heavy atom. The van der Waals surface area contributed by atoms with Crippen LogP contribution in [0.25, 0.3) is 0 Å². The van der Waals surface area contributed by atoms with Crippen LogP contribution < -0.4 is 0 Å². The molecular weight excluding hydrogens is 258 g/mol. The Bertz CT molecular complexity index is 302. The lowest BCUT2D eigenvalue weighted by atomic mass is 10.1. The second kappa shape index (κ2) is 12.8. The average Bonchev–Trinajstić information content (AvgIpc) is 2.94. The van der Waals surface area contributed by atoms with Crippen LogP contribution in [0.1, 0.15) is 96.6 Å². The fraction of sp³-hybridized carbons (Fsp3) is 0.889. The molecule has 0 fully saturated rings. The average molecular weight is 293 g/mol. The molecule has 1 aromatic rings. The van der Waals surface area contributed by atoms with Crippen LogP contribution in [0, 0.1) is 0 Å². The summed E-state index contributed by atoms with van der Waals surface area (Å²) >= 11 is 0. The van der Waals surface area contributed by atoms with Gasteiger partial charge >= 0.3 is 0 Å². The lowest BCUT2D eigenvalue weighted by Crippen LogP contribution is -1.98. The molecule has 0 saturated heterocycles. The van der Waals surface area contributed by atoms with Gasteiger partial charge in [-0.05, 0) is 19.3 Å². The third-order valence-electron chi connectivity index (χ3n) is 4.11. The molecule has 0 saturated carbocycles. The number of unbranched alkanes of at least 4 members (excludes halogenated alkanes) is 10. The van der Waals surface area contributed by atoms with Gasteiger partial charge in [-0.1, -0.05) is 83.3 Å².